The van der Waals surface area contributed by atoms with Gasteiger partial charge in [0, 0.05) is 25.0 Å². The van der Waals surface area contributed by atoms with Crippen molar-refractivity contribution in [2.45, 2.75) is 31.7 Å². The van der Waals surface area contributed by atoms with E-state index in [1.54, 1.807) is 4.31 Å². The van der Waals surface area contributed by atoms with E-state index < -0.39 is 10.0 Å². The van der Waals surface area contributed by atoms with Crippen molar-refractivity contribution in [3.05, 3.63) is 0 Å². The van der Waals surface area contributed by atoms with Gasteiger partial charge >= 0.3 is 0 Å². The molecule has 0 aromatic carbocycles. The van der Waals surface area contributed by atoms with Gasteiger partial charge in [-0.3, -0.25) is 0 Å². The molecule has 17 heavy (non-hydrogen) atoms. The molecule has 1 rings (SSSR count). The van der Waals surface area contributed by atoms with Gasteiger partial charge in [-0.1, -0.05) is 0 Å². The molecule has 0 bridgehead atoms. The van der Waals surface area contributed by atoms with Crippen molar-refractivity contribution in [1.29, 1.82) is 0 Å². The second kappa shape index (κ2) is 6.92. The molecular weight excluding hydrogens is 260 g/mol. The molecule has 0 saturated carbocycles. The maximum Gasteiger partial charge on any atom is 0.214 e. The highest BCUT2D eigenvalue weighted by Gasteiger charge is 2.33. The van der Waals surface area contributed by atoms with Crippen LogP contribution in [0.3, 0.4) is 0 Å². The Morgan fingerprint density at radius 1 is 1.35 bits per heavy atom. The first kappa shape index (κ1) is 15.2. The number of halogens is 1. The Morgan fingerprint density at radius 2 is 2.06 bits per heavy atom. The molecule has 1 saturated heterocycles. The first-order valence-electron chi connectivity index (χ1n) is 6.17. The number of likely N-dealkylation sites (N-methyl/N-ethyl adjacent to an activating group) is 1. The zero-order chi connectivity index (χ0) is 12.9. The smallest absolute Gasteiger partial charge is 0.214 e. The first-order chi connectivity index (χ1) is 7.97. The Balaban J connectivity index is 2.56. The van der Waals surface area contributed by atoms with E-state index in [4.69, 9.17) is 11.6 Å². The number of unbranched alkanes of at least 4 members (excludes halogenated alkanes) is 1. The molecule has 4 nitrogen and oxygen atoms in total. The molecule has 1 heterocycles. The fourth-order valence-electron chi connectivity index (χ4n) is 2.28. The highest BCUT2D eigenvalue weighted by molar-refractivity contribution is 7.89. The molecule has 1 unspecified atom stereocenters. The van der Waals surface area contributed by atoms with Crippen molar-refractivity contribution >= 4 is 21.6 Å². The van der Waals surface area contributed by atoms with Gasteiger partial charge in [-0.15, -0.1) is 11.6 Å². The first-order valence-corrected chi connectivity index (χ1v) is 8.32. The molecule has 1 aliphatic heterocycles. The SMILES string of the molecule is CN(C)CC1CCCN1S(=O)(=O)CCCCCl. The highest BCUT2D eigenvalue weighted by Crippen LogP contribution is 2.22. The van der Waals surface area contributed by atoms with Crippen LogP contribution in [-0.2, 0) is 10.0 Å². The van der Waals surface area contributed by atoms with Crippen LogP contribution in [0.2, 0.25) is 0 Å². The lowest BCUT2D eigenvalue weighted by molar-refractivity contribution is 0.291. The van der Waals surface area contributed by atoms with Crippen LogP contribution >= 0.6 is 11.6 Å². The molecule has 102 valence electrons. The van der Waals surface area contributed by atoms with E-state index in [0.29, 0.717) is 18.8 Å². The van der Waals surface area contributed by atoms with Crippen LogP contribution in [0.5, 0.6) is 0 Å². The quantitative estimate of drug-likeness (QED) is 0.523. The van der Waals surface area contributed by atoms with Crippen molar-refractivity contribution in [2.75, 3.05) is 38.8 Å². The fourth-order valence-corrected chi connectivity index (χ4v) is 4.30. The van der Waals surface area contributed by atoms with Crippen molar-refractivity contribution < 1.29 is 8.42 Å². The third-order valence-electron chi connectivity index (χ3n) is 3.04. The molecule has 1 aliphatic rings. The summed E-state index contributed by atoms with van der Waals surface area (Å²) in [6.07, 6.45) is 3.39. The Hall–Kier alpha value is 0.160. The van der Waals surface area contributed by atoms with Crippen LogP contribution in [0.4, 0.5) is 0 Å². The second-order valence-electron chi connectivity index (χ2n) is 4.88. The summed E-state index contributed by atoms with van der Waals surface area (Å²) in [6.45, 7) is 1.50. The van der Waals surface area contributed by atoms with Gasteiger partial charge in [0.2, 0.25) is 10.0 Å². The van der Waals surface area contributed by atoms with Crippen molar-refractivity contribution in [2.24, 2.45) is 0 Å². The number of hydrogen-bond acceptors (Lipinski definition) is 3. The average molecular weight is 283 g/mol. The van der Waals surface area contributed by atoms with Crippen LogP contribution in [0, 0.1) is 0 Å². The normalized spacial score (nSPS) is 22.5. The molecule has 0 radical (unpaired) electrons. The Labute approximate surface area is 110 Å². The molecule has 6 heteroatoms. The van der Waals surface area contributed by atoms with E-state index in [2.05, 4.69) is 4.90 Å². The standard InChI is InChI=1S/C11H23ClN2O2S/c1-13(2)10-11-6-5-8-14(11)17(15,16)9-4-3-7-12/h11H,3-10H2,1-2H3. The van der Waals surface area contributed by atoms with Crippen LogP contribution in [0.1, 0.15) is 25.7 Å². The van der Waals surface area contributed by atoms with E-state index in [0.717, 1.165) is 25.8 Å². The summed E-state index contributed by atoms with van der Waals surface area (Å²) in [5.74, 6) is 0.778. The monoisotopic (exact) mass is 282 g/mol. The molecule has 0 aliphatic carbocycles. The summed E-state index contributed by atoms with van der Waals surface area (Å²) < 4.78 is 26.0. The van der Waals surface area contributed by atoms with Gasteiger partial charge in [0.15, 0.2) is 0 Å². The van der Waals surface area contributed by atoms with Gasteiger partial charge in [-0.05, 0) is 39.8 Å². The van der Waals surface area contributed by atoms with Gasteiger partial charge in [0.25, 0.3) is 0 Å². The van der Waals surface area contributed by atoms with Crippen molar-refractivity contribution in [1.82, 2.24) is 9.21 Å². The Bertz CT molecular complexity index is 319. The van der Waals surface area contributed by atoms with Crippen LogP contribution in [0.15, 0.2) is 0 Å². The number of nitrogens with zero attached hydrogens (tertiary/aromatic N) is 2. The molecule has 1 atom stereocenters. The predicted molar refractivity (Wildman–Crippen MR) is 72.0 cm³/mol. The average Bonchev–Trinajstić information content (AvgIpc) is 2.65. The predicted octanol–water partition coefficient (Wildman–Crippen LogP) is 1.36. The van der Waals surface area contributed by atoms with Gasteiger partial charge in [0.1, 0.15) is 0 Å². The highest BCUT2D eigenvalue weighted by atomic mass is 35.5. The largest absolute Gasteiger partial charge is 0.308 e. The molecular formula is C11H23ClN2O2S. The van der Waals surface area contributed by atoms with Crippen LogP contribution < -0.4 is 0 Å². The van der Waals surface area contributed by atoms with E-state index in [9.17, 15) is 8.42 Å². The number of rotatable bonds is 7. The molecule has 0 N–H and O–H groups in total. The lowest BCUT2D eigenvalue weighted by atomic mass is 10.2. The maximum atomic E-state index is 12.2. The lowest BCUT2D eigenvalue weighted by Crippen LogP contribution is -2.42. The Kier molecular flexibility index (Phi) is 6.20. The van der Waals surface area contributed by atoms with E-state index >= 15 is 0 Å². The number of alkyl halides is 1. The minimum Gasteiger partial charge on any atom is -0.308 e. The van der Waals surface area contributed by atoms with E-state index in [1.807, 2.05) is 14.1 Å². The van der Waals surface area contributed by atoms with Crippen molar-refractivity contribution in [3.8, 4) is 0 Å². The maximum absolute atomic E-state index is 12.2. The molecule has 0 aromatic heterocycles. The molecule has 1 fully saturated rings. The zero-order valence-electron chi connectivity index (χ0n) is 10.7. The Morgan fingerprint density at radius 3 is 2.65 bits per heavy atom. The number of hydrogen-bond donors (Lipinski definition) is 0. The van der Waals surface area contributed by atoms with Gasteiger partial charge in [0.05, 0.1) is 5.75 Å². The van der Waals surface area contributed by atoms with Crippen LogP contribution in [-0.4, -0.2) is 62.5 Å². The summed E-state index contributed by atoms with van der Waals surface area (Å²) in [6, 6.07) is 0.158. The van der Waals surface area contributed by atoms with Crippen molar-refractivity contribution in [3.63, 3.8) is 0 Å². The summed E-state index contributed by atoms with van der Waals surface area (Å²) in [5, 5.41) is 0. The number of sulfonamides is 1. The minimum absolute atomic E-state index is 0.158. The minimum atomic E-state index is -3.08. The zero-order valence-corrected chi connectivity index (χ0v) is 12.3. The molecule has 0 spiro atoms. The molecule has 0 amide bonds. The third kappa shape index (κ3) is 4.73. The summed E-state index contributed by atoms with van der Waals surface area (Å²) in [5.41, 5.74) is 0. The third-order valence-corrected chi connectivity index (χ3v) is 5.31. The van der Waals surface area contributed by atoms with E-state index in [1.165, 1.54) is 0 Å². The van der Waals surface area contributed by atoms with Gasteiger partial charge in [-0.2, -0.15) is 4.31 Å². The van der Waals surface area contributed by atoms with Crippen LogP contribution in [0.25, 0.3) is 0 Å². The summed E-state index contributed by atoms with van der Waals surface area (Å²) >= 11 is 5.57. The molecule has 0 aromatic rings. The summed E-state index contributed by atoms with van der Waals surface area (Å²) in [7, 11) is 0.886. The van der Waals surface area contributed by atoms with E-state index in [-0.39, 0.29) is 11.8 Å². The second-order valence-corrected chi connectivity index (χ2v) is 7.30. The van der Waals surface area contributed by atoms with Gasteiger partial charge < -0.3 is 4.90 Å². The fraction of sp³-hybridized carbons (Fsp3) is 1.00. The topological polar surface area (TPSA) is 40.6 Å². The van der Waals surface area contributed by atoms with Gasteiger partial charge in [-0.25, -0.2) is 8.42 Å². The summed E-state index contributed by atoms with van der Waals surface area (Å²) in [4.78, 5) is 2.05. The lowest BCUT2D eigenvalue weighted by Gasteiger charge is -2.26.